The highest BCUT2D eigenvalue weighted by Gasteiger charge is 2.49. The fourth-order valence-electron chi connectivity index (χ4n) is 5.63. The molecule has 0 unspecified atom stereocenters. The lowest BCUT2D eigenvalue weighted by Gasteiger charge is -2.54. The van der Waals surface area contributed by atoms with Gasteiger partial charge in [-0.1, -0.05) is 0 Å². The van der Waals surface area contributed by atoms with Gasteiger partial charge in [0.15, 0.2) is 0 Å². The Hall–Kier alpha value is -2.13. The van der Waals surface area contributed by atoms with Crippen molar-refractivity contribution in [2.24, 2.45) is 23.7 Å². The summed E-state index contributed by atoms with van der Waals surface area (Å²) in [5, 5.41) is 17.3. The third kappa shape index (κ3) is 3.19. The predicted molar refractivity (Wildman–Crippen MR) is 87.6 cm³/mol. The molecule has 4 aliphatic carbocycles. The number of aromatic nitrogens is 2. The SMILES string of the molecule is Cc1c([N+](=O)[O-])c(C(F)(F)F)nn1CC(=O)NC1C2CC3CC(C2)CC1C3. The number of nitrogens with one attached hydrogen (secondary N) is 1. The zero-order chi connectivity index (χ0) is 19.5. The second kappa shape index (κ2) is 6.20. The molecule has 1 amide bonds. The predicted octanol–water partition coefficient (Wildman–Crippen LogP) is 3.06. The molecule has 4 bridgehead atoms. The number of alkyl halides is 3. The van der Waals surface area contributed by atoms with Gasteiger partial charge in [-0.2, -0.15) is 18.3 Å². The van der Waals surface area contributed by atoms with E-state index >= 15 is 0 Å². The zero-order valence-corrected chi connectivity index (χ0v) is 14.8. The van der Waals surface area contributed by atoms with Crippen LogP contribution in [0.25, 0.3) is 0 Å². The molecule has 27 heavy (non-hydrogen) atoms. The molecule has 0 aromatic carbocycles. The fourth-order valence-corrected chi connectivity index (χ4v) is 5.63. The van der Waals surface area contributed by atoms with E-state index in [0.29, 0.717) is 11.8 Å². The Labute approximate surface area is 153 Å². The van der Waals surface area contributed by atoms with Crippen LogP contribution in [-0.2, 0) is 17.5 Å². The van der Waals surface area contributed by atoms with Gasteiger partial charge >= 0.3 is 11.9 Å². The fraction of sp³-hybridized carbons (Fsp3) is 0.765. The number of nitro groups is 1. The van der Waals surface area contributed by atoms with Crippen LogP contribution in [0.5, 0.6) is 0 Å². The lowest BCUT2D eigenvalue weighted by molar-refractivity contribution is -0.388. The van der Waals surface area contributed by atoms with Gasteiger partial charge in [0.2, 0.25) is 11.6 Å². The van der Waals surface area contributed by atoms with Gasteiger partial charge in [-0.15, -0.1) is 0 Å². The van der Waals surface area contributed by atoms with Gasteiger partial charge in [0, 0.05) is 6.04 Å². The van der Waals surface area contributed by atoms with Gasteiger partial charge in [0.05, 0.1) is 4.92 Å². The molecule has 1 heterocycles. The van der Waals surface area contributed by atoms with Crippen LogP contribution in [0.4, 0.5) is 18.9 Å². The number of hydrogen-bond acceptors (Lipinski definition) is 4. The second-order valence-electron chi connectivity index (χ2n) is 8.22. The van der Waals surface area contributed by atoms with Crippen LogP contribution in [0.15, 0.2) is 0 Å². The molecule has 4 aliphatic rings. The summed E-state index contributed by atoms with van der Waals surface area (Å²) in [5.74, 6) is 1.91. The molecule has 1 aromatic rings. The lowest BCUT2D eigenvalue weighted by atomic mass is 9.54. The number of halogens is 3. The molecule has 4 saturated carbocycles. The zero-order valence-electron chi connectivity index (χ0n) is 14.8. The molecule has 0 radical (unpaired) electrons. The Morgan fingerprint density at radius 1 is 1.22 bits per heavy atom. The second-order valence-corrected chi connectivity index (χ2v) is 8.22. The number of nitrogens with zero attached hydrogens (tertiary/aromatic N) is 3. The van der Waals surface area contributed by atoms with E-state index in [9.17, 15) is 28.1 Å². The van der Waals surface area contributed by atoms with E-state index in [4.69, 9.17) is 0 Å². The molecule has 0 spiro atoms. The molecule has 1 N–H and O–H groups in total. The normalized spacial score (nSPS) is 31.9. The Morgan fingerprint density at radius 2 is 1.78 bits per heavy atom. The summed E-state index contributed by atoms with van der Waals surface area (Å²) in [5.41, 5.74) is -2.93. The van der Waals surface area contributed by atoms with Gasteiger partial charge < -0.3 is 5.32 Å². The van der Waals surface area contributed by atoms with E-state index in [1.54, 1.807) is 0 Å². The van der Waals surface area contributed by atoms with Crippen LogP contribution in [0.3, 0.4) is 0 Å². The van der Waals surface area contributed by atoms with Crippen molar-refractivity contribution in [3.05, 3.63) is 21.5 Å². The van der Waals surface area contributed by atoms with Crippen molar-refractivity contribution in [2.75, 3.05) is 0 Å². The highest BCUT2D eigenvalue weighted by molar-refractivity contribution is 5.76. The van der Waals surface area contributed by atoms with Crippen LogP contribution in [-0.4, -0.2) is 26.7 Å². The number of carbonyl (C=O) groups is 1. The summed E-state index contributed by atoms with van der Waals surface area (Å²) < 4.78 is 39.9. The van der Waals surface area contributed by atoms with Crippen molar-refractivity contribution in [2.45, 2.75) is 57.8 Å². The third-order valence-corrected chi connectivity index (χ3v) is 6.47. The lowest BCUT2D eigenvalue weighted by Crippen LogP contribution is -2.56. The first-order valence-corrected chi connectivity index (χ1v) is 9.21. The van der Waals surface area contributed by atoms with Crippen LogP contribution < -0.4 is 5.32 Å². The monoisotopic (exact) mass is 386 g/mol. The van der Waals surface area contributed by atoms with E-state index in [-0.39, 0.29) is 11.7 Å². The molecule has 148 valence electrons. The summed E-state index contributed by atoms with van der Waals surface area (Å²) >= 11 is 0. The Balaban J connectivity index is 1.50. The average molecular weight is 386 g/mol. The third-order valence-electron chi connectivity index (χ3n) is 6.47. The number of amides is 1. The topological polar surface area (TPSA) is 90.1 Å². The largest absolute Gasteiger partial charge is 0.442 e. The molecule has 4 fully saturated rings. The van der Waals surface area contributed by atoms with E-state index in [0.717, 1.165) is 42.2 Å². The van der Waals surface area contributed by atoms with Gasteiger partial charge in [-0.3, -0.25) is 19.6 Å². The molecular weight excluding hydrogens is 365 g/mol. The molecule has 0 aliphatic heterocycles. The molecule has 7 nitrogen and oxygen atoms in total. The Morgan fingerprint density at radius 3 is 2.22 bits per heavy atom. The van der Waals surface area contributed by atoms with Crippen molar-refractivity contribution in [1.29, 1.82) is 0 Å². The van der Waals surface area contributed by atoms with Crippen LogP contribution in [0.1, 0.15) is 43.5 Å². The maximum absolute atomic E-state index is 13.0. The van der Waals surface area contributed by atoms with Gasteiger partial charge in [-0.05, 0) is 62.7 Å². The average Bonchev–Trinajstić information content (AvgIpc) is 2.87. The van der Waals surface area contributed by atoms with Crippen molar-refractivity contribution in [1.82, 2.24) is 15.1 Å². The minimum atomic E-state index is -4.95. The maximum atomic E-state index is 13.0. The molecule has 1 aromatic heterocycles. The number of hydrogen-bond donors (Lipinski definition) is 1. The van der Waals surface area contributed by atoms with Crippen molar-refractivity contribution in [3.63, 3.8) is 0 Å². The van der Waals surface area contributed by atoms with Gasteiger partial charge in [0.25, 0.3) is 0 Å². The van der Waals surface area contributed by atoms with Crippen molar-refractivity contribution in [3.8, 4) is 0 Å². The summed E-state index contributed by atoms with van der Waals surface area (Å²) in [6.45, 7) is 0.724. The van der Waals surface area contributed by atoms with Crippen molar-refractivity contribution >= 4 is 11.6 Å². The Bertz CT molecular complexity index is 761. The maximum Gasteiger partial charge on any atom is 0.442 e. The summed E-state index contributed by atoms with van der Waals surface area (Å²) in [7, 11) is 0. The first kappa shape index (κ1) is 18.2. The molecule has 5 rings (SSSR count). The summed E-state index contributed by atoms with van der Waals surface area (Å²) in [6.07, 6.45) is 0.732. The summed E-state index contributed by atoms with van der Waals surface area (Å²) in [4.78, 5) is 22.4. The molecule has 10 heteroatoms. The highest BCUT2D eigenvalue weighted by atomic mass is 19.4. The van der Waals surface area contributed by atoms with Crippen molar-refractivity contribution < 1.29 is 22.9 Å². The summed E-state index contributed by atoms with van der Waals surface area (Å²) in [6, 6.07) is 0.0539. The minimum absolute atomic E-state index is 0.0539. The molecule has 0 atom stereocenters. The number of carbonyl (C=O) groups excluding carboxylic acids is 1. The molecular formula is C17H21F3N4O3. The first-order chi connectivity index (χ1) is 12.6. The van der Waals surface area contributed by atoms with E-state index in [1.165, 1.54) is 13.3 Å². The highest BCUT2D eigenvalue weighted by Crippen LogP contribution is 2.53. The van der Waals surface area contributed by atoms with E-state index in [2.05, 4.69) is 10.4 Å². The van der Waals surface area contributed by atoms with Crippen LogP contribution >= 0.6 is 0 Å². The van der Waals surface area contributed by atoms with E-state index in [1.807, 2.05) is 0 Å². The van der Waals surface area contributed by atoms with Gasteiger partial charge in [0.1, 0.15) is 12.2 Å². The number of rotatable bonds is 4. The van der Waals surface area contributed by atoms with Crippen LogP contribution in [0, 0.1) is 40.7 Å². The van der Waals surface area contributed by atoms with E-state index < -0.39 is 34.9 Å². The first-order valence-electron chi connectivity index (χ1n) is 9.21. The molecule has 0 saturated heterocycles. The Kier molecular flexibility index (Phi) is 4.19. The smallest absolute Gasteiger partial charge is 0.351 e. The standard InChI is InChI=1S/C17H21F3N4O3/c1-8-15(24(26)27)16(17(18,19)20)22-23(8)7-13(25)21-14-11-3-9-2-10(5-11)6-12(14)4-9/h9-12,14H,2-7H2,1H3,(H,21,25). The van der Waals surface area contributed by atoms with Crippen LogP contribution in [0.2, 0.25) is 0 Å². The quantitative estimate of drug-likeness (QED) is 0.636. The van der Waals surface area contributed by atoms with Gasteiger partial charge in [-0.25, -0.2) is 0 Å². The minimum Gasteiger partial charge on any atom is -0.351 e.